The average molecular weight is 285 g/mol. The monoisotopic (exact) mass is 284 g/mol. The number of hydrogen-bond acceptors (Lipinski definition) is 0. The Bertz CT molecular complexity index is 466. The van der Waals surface area contributed by atoms with Crippen molar-refractivity contribution in [1.82, 2.24) is 0 Å². The van der Waals surface area contributed by atoms with Crippen LogP contribution in [-0.2, 0) is 5.88 Å². The maximum Gasteiger partial charge on any atom is 0.0474 e. The predicted molar refractivity (Wildman–Crippen MR) is 92.9 cm³/mol. The largest absolute Gasteiger partial charge is 0.122 e. The van der Waals surface area contributed by atoms with Crippen LogP contribution in [0.1, 0.15) is 11.1 Å². The first kappa shape index (κ1) is 18.0. The molecule has 0 radical (unpaired) electrons. The van der Waals surface area contributed by atoms with Crippen molar-refractivity contribution >= 4 is 17.7 Å². The van der Waals surface area contributed by atoms with Crippen LogP contribution in [0, 0.1) is 0 Å². The molecular formula is C19H21Cl. The van der Waals surface area contributed by atoms with Gasteiger partial charge in [0.05, 0.1) is 0 Å². The highest BCUT2D eigenvalue weighted by atomic mass is 35.5. The highest BCUT2D eigenvalue weighted by molar-refractivity contribution is 6.17. The summed E-state index contributed by atoms with van der Waals surface area (Å²) in [5, 5.41) is 0. The molecule has 2 aromatic rings. The van der Waals surface area contributed by atoms with Crippen molar-refractivity contribution in [3.05, 3.63) is 104 Å². The molecule has 0 fully saturated rings. The zero-order valence-electron chi connectivity index (χ0n) is 11.7. The zero-order chi connectivity index (χ0) is 15.1. The number of alkyl halides is 1. The minimum atomic E-state index is 0.612. The van der Waals surface area contributed by atoms with Crippen LogP contribution in [0.25, 0.3) is 6.08 Å². The van der Waals surface area contributed by atoms with E-state index in [9.17, 15) is 0 Å². The summed E-state index contributed by atoms with van der Waals surface area (Å²) in [6.07, 6.45) is 5.11. The quantitative estimate of drug-likeness (QED) is 0.471. The first-order valence-electron chi connectivity index (χ1n) is 6.29. The average Bonchev–Trinajstić information content (AvgIpc) is 2.57. The lowest BCUT2D eigenvalue weighted by molar-refractivity contribution is 1.41. The van der Waals surface area contributed by atoms with Gasteiger partial charge in [-0.1, -0.05) is 98.6 Å². The summed E-state index contributed by atoms with van der Waals surface area (Å²) in [6, 6.07) is 20.0. The molecule has 2 aromatic carbocycles. The van der Waals surface area contributed by atoms with E-state index in [4.69, 9.17) is 11.6 Å². The Morgan fingerprint density at radius 1 is 0.750 bits per heavy atom. The lowest BCUT2D eigenvalue weighted by atomic mass is 10.2. The highest BCUT2D eigenvalue weighted by Gasteiger charge is 1.81. The zero-order valence-corrected chi connectivity index (χ0v) is 12.5. The summed E-state index contributed by atoms with van der Waals surface area (Å²) >= 11 is 5.53. The molecule has 0 aromatic heterocycles. The number of allylic oxidation sites excluding steroid dienone is 2. The summed E-state index contributed by atoms with van der Waals surface area (Å²) in [6.45, 7) is 10.4. The first-order chi connectivity index (χ1) is 9.78. The van der Waals surface area contributed by atoms with E-state index < -0.39 is 0 Å². The van der Waals surface area contributed by atoms with E-state index in [2.05, 4.69) is 19.7 Å². The fourth-order valence-electron chi connectivity index (χ4n) is 1.16. The summed E-state index contributed by atoms with van der Waals surface area (Å²) in [7, 11) is 0. The van der Waals surface area contributed by atoms with Crippen LogP contribution >= 0.6 is 11.6 Å². The normalized spacial score (nSPS) is 8.05. The van der Waals surface area contributed by atoms with Crippen LogP contribution in [-0.4, -0.2) is 0 Å². The molecule has 104 valence electrons. The lowest BCUT2D eigenvalue weighted by Crippen LogP contribution is -1.71. The lowest BCUT2D eigenvalue weighted by Gasteiger charge is -1.88. The van der Waals surface area contributed by atoms with Gasteiger partial charge in [-0.2, -0.15) is 0 Å². The Balaban J connectivity index is 0.000000289. The van der Waals surface area contributed by atoms with Gasteiger partial charge in [-0.05, 0) is 11.1 Å². The van der Waals surface area contributed by atoms with Crippen molar-refractivity contribution in [3.63, 3.8) is 0 Å². The van der Waals surface area contributed by atoms with Crippen molar-refractivity contribution in [2.24, 2.45) is 0 Å². The SMILES string of the molecule is C=CC=C.C=Cc1ccccc1.ClCc1ccccc1. The molecule has 1 heteroatoms. The second-order valence-corrected chi connectivity index (χ2v) is 3.97. The minimum absolute atomic E-state index is 0.612. The van der Waals surface area contributed by atoms with Gasteiger partial charge < -0.3 is 0 Å². The van der Waals surface area contributed by atoms with E-state index in [1.807, 2.05) is 66.7 Å². The van der Waals surface area contributed by atoms with Gasteiger partial charge >= 0.3 is 0 Å². The molecule has 0 heterocycles. The molecule has 0 unspecified atom stereocenters. The van der Waals surface area contributed by atoms with Gasteiger partial charge in [0.25, 0.3) is 0 Å². The summed E-state index contributed by atoms with van der Waals surface area (Å²) < 4.78 is 0. The standard InChI is InChI=1S/C8H8.C7H7Cl.C4H6/c1-2-8-6-4-3-5-7-8;8-6-7-4-2-1-3-5-7;1-3-4-2/h2-7H,1H2;1-5H,6H2;3-4H,1-2H2. The molecule has 0 amide bonds. The third-order valence-corrected chi connectivity index (χ3v) is 2.51. The maximum atomic E-state index is 5.53. The fourth-order valence-corrected chi connectivity index (χ4v) is 1.33. The molecule has 0 saturated heterocycles. The fraction of sp³-hybridized carbons (Fsp3) is 0.0526. The third kappa shape index (κ3) is 9.93. The Morgan fingerprint density at radius 3 is 1.45 bits per heavy atom. The second-order valence-electron chi connectivity index (χ2n) is 3.71. The van der Waals surface area contributed by atoms with Gasteiger partial charge in [0.2, 0.25) is 0 Å². The van der Waals surface area contributed by atoms with Crippen LogP contribution in [0.4, 0.5) is 0 Å². The molecule has 0 spiro atoms. The molecular weight excluding hydrogens is 264 g/mol. The number of halogens is 1. The van der Waals surface area contributed by atoms with Crippen molar-refractivity contribution in [1.29, 1.82) is 0 Å². The van der Waals surface area contributed by atoms with Gasteiger partial charge in [-0.3, -0.25) is 0 Å². The van der Waals surface area contributed by atoms with Gasteiger partial charge in [0.1, 0.15) is 0 Å². The molecule has 0 N–H and O–H groups in total. The predicted octanol–water partition coefficient (Wildman–Crippen LogP) is 6.11. The molecule has 20 heavy (non-hydrogen) atoms. The Kier molecular flexibility index (Phi) is 12.0. The van der Waals surface area contributed by atoms with Crippen molar-refractivity contribution < 1.29 is 0 Å². The molecule has 0 aliphatic rings. The highest BCUT2D eigenvalue weighted by Crippen LogP contribution is 2.00. The first-order valence-corrected chi connectivity index (χ1v) is 6.82. The molecule has 0 atom stereocenters. The molecule has 0 saturated carbocycles. The van der Waals surface area contributed by atoms with E-state index in [0.717, 1.165) is 0 Å². The number of hydrogen-bond donors (Lipinski definition) is 0. The summed E-state index contributed by atoms with van der Waals surface area (Å²) in [5.74, 6) is 0.612. The van der Waals surface area contributed by atoms with Gasteiger partial charge in [0, 0.05) is 5.88 Å². The van der Waals surface area contributed by atoms with Crippen molar-refractivity contribution in [2.75, 3.05) is 0 Å². The van der Waals surface area contributed by atoms with Crippen molar-refractivity contribution in [3.8, 4) is 0 Å². The number of benzene rings is 2. The second kappa shape index (κ2) is 13.4. The summed E-state index contributed by atoms with van der Waals surface area (Å²) in [4.78, 5) is 0. The molecule has 0 aliphatic carbocycles. The summed E-state index contributed by atoms with van der Waals surface area (Å²) in [5.41, 5.74) is 2.35. The molecule has 0 aliphatic heterocycles. The Morgan fingerprint density at radius 2 is 1.20 bits per heavy atom. The number of rotatable bonds is 3. The topological polar surface area (TPSA) is 0 Å². The van der Waals surface area contributed by atoms with Crippen LogP contribution in [0.3, 0.4) is 0 Å². The van der Waals surface area contributed by atoms with Crippen LogP contribution < -0.4 is 0 Å². The third-order valence-electron chi connectivity index (χ3n) is 2.20. The van der Waals surface area contributed by atoms with E-state index >= 15 is 0 Å². The van der Waals surface area contributed by atoms with Gasteiger partial charge in [-0.15, -0.1) is 11.6 Å². The Labute approximate surface area is 127 Å². The smallest absolute Gasteiger partial charge is 0.0474 e. The van der Waals surface area contributed by atoms with Gasteiger partial charge in [-0.25, -0.2) is 0 Å². The van der Waals surface area contributed by atoms with E-state index in [1.165, 1.54) is 11.1 Å². The molecule has 0 bridgehead atoms. The Hall–Kier alpha value is -2.05. The van der Waals surface area contributed by atoms with Crippen LogP contribution in [0.2, 0.25) is 0 Å². The van der Waals surface area contributed by atoms with Crippen molar-refractivity contribution in [2.45, 2.75) is 5.88 Å². The molecule has 2 rings (SSSR count). The van der Waals surface area contributed by atoms with Gasteiger partial charge in [0.15, 0.2) is 0 Å². The van der Waals surface area contributed by atoms with Crippen LogP contribution in [0.5, 0.6) is 0 Å². The van der Waals surface area contributed by atoms with Crippen LogP contribution in [0.15, 0.2) is 92.6 Å². The molecule has 0 nitrogen and oxygen atoms in total. The van der Waals surface area contributed by atoms with E-state index in [-0.39, 0.29) is 0 Å². The maximum absolute atomic E-state index is 5.53. The minimum Gasteiger partial charge on any atom is -0.122 e. The van der Waals surface area contributed by atoms with E-state index in [0.29, 0.717) is 5.88 Å². The van der Waals surface area contributed by atoms with E-state index in [1.54, 1.807) is 12.2 Å².